The first kappa shape index (κ1) is 14.3. The third-order valence-electron chi connectivity index (χ3n) is 2.27. The van der Waals surface area contributed by atoms with Crippen molar-refractivity contribution in [2.24, 2.45) is 0 Å². The largest absolute Gasteiger partial charge is 0.393 e. The Labute approximate surface area is 95.1 Å². The van der Waals surface area contributed by atoms with Crippen molar-refractivity contribution in [2.75, 3.05) is 41.3 Å². The Kier molecular flexibility index (Phi) is 8.19. The highest BCUT2D eigenvalue weighted by Gasteiger charge is 2.04. The number of unbranched alkanes of at least 4 members (excludes halogenated alkanes) is 3. The van der Waals surface area contributed by atoms with E-state index in [1.54, 1.807) is 0 Å². The summed E-state index contributed by atoms with van der Waals surface area (Å²) in [6.45, 7) is 2.37. The molecule has 0 aliphatic rings. The van der Waals surface area contributed by atoms with Gasteiger partial charge in [-0.25, -0.2) is 0 Å². The van der Waals surface area contributed by atoms with E-state index in [1.165, 1.54) is 32.2 Å². The maximum atomic E-state index is 3.25. The molecule has 15 heavy (non-hydrogen) atoms. The topological polar surface area (TPSA) is 24.1 Å². The molecule has 3 heteroatoms. The first-order valence-electron chi connectivity index (χ1n) is 5.92. The third kappa shape index (κ3) is 13.3. The molecule has 0 unspecified atom stereocenters. The smallest absolute Gasteiger partial charge is 0.0780 e. The second-order valence-electron chi connectivity index (χ2n) is 5.00. The Hall–Kier alpha value is -0.700. The summed E-state index contributed by atoms with van der Waals surface area (Å²) in [7, 11) is 8.67. The quantitative estimate of drug-likeness (QED) is 0.449. The molecule has 2 N–H and O–H groups in total. The van der Waals surface area contributed by atoms with Crippen LogP contribution < -0.4 is 10.6 Å². The van der Waals surface area contributed by atoms with Crippen LogP contribution in [0.4, 0.5) is 0 Å². The number of rotatable bonds is 9. The SMILES string of the molecule is CN/C=C\NCCCCCC[N+](C)(C)C. The van der Waals surface area contributed by atoms with Crippen molar-refractivity contribution < 1.29 is 4.48 Å². The molecule has 0 saturated heterocycles. The van der Waals surface area contributed by atoms with E-state index in [4.69, 9.17) is 0 Å². The zero-order valence-corrected chi connectivity index (χ0v) is 10.8. The van der Waals surface area contributed by atoms with Crippen molar-refractivity contribution in [3.63, 3.8) is 0 Å². The Bertz CT molecular complexity index is 159. The minimum Gasteiger partial charge on any atom is -0.393 e. The highest BCUT2D eigenvalue weighted by Crippen LogP contribution is 2.02. The Morgan fingerprint density at radius 3 is 2.20 bits per heavy atom. The first-order chi connectivity index (χ1) is 7.06. The van der Waals surface area contributed by atoms with Gasteiger partial charge in [-0.15, -0.1) is 0 Å². The van der Waals surface area contributed by atoms with Gasteiger partial charge in [0, 0.05) is 26.0 Å². The second kappa shape index (κ2) is 8.60. The van der Waals surface area contributed by atoms with E-state index < -0.39 is 0 Å². The van der Waals surface area contributed by atoms with Gasteiger partial charge in [-0.1, -0.05) is 6.42 Å². The fourth-order valence-electron chi connectivity index (χ4n) is 1.39. The van der Waals surface area contributed by atoms with Crippen LogP contribution in [0, 0.1) is 0 Å². The van der Waals surface area contributed by atoms with Crippen molar-refractivity contribution in [1.29, 1.82) is 0 Å². The summed E-state index contributed by atoms with van der Waals surface area (Å²) in [5.74, 6) is 0. The van der Waals surface area contributed by atoms with Gasteiger partial charge in [0.15, 0.2) is 0 Å². The molecule has 0 atom stereocenters. The normalized spacial score (nSPS) is 12.0. The molecule has 3 nitrogen and oxygen atoms in total. The fraction of sp³-hybridized carbons (Fsp3) is 0.833. The number of hydrogen-bond donors (Lipinski definition) is 2. The predicted octanol–water partition coefficient (Wildman–Crippen LogP) is 1.53. The lowest BCUT2D eigenvalue weighted by atomic mass is 10.2. The van der Waals surface area contributed by atoms with Crippen LogP contribution >= 0.6 is 0 Å². The van der Waals surface area contributed by atoms with Crippen LogP contribution in [0.1, 0.15) is 25.7 Å². The summed E-state index contributed by atoms with van der Waals surface area (Å²) in [4.78, 5) is 0. The second-order valence-corrected chi connectivity index (χ2v) is 5.00. The zero-order chi connectivity index (χ0) is 11.6. The van der Waals surface area contributed by atoms with Crippen LogP contribution in [0.15, 0.2) is 12.4 Å². The van der Waals surface area contributed by atoms with Crippen molar-refractivity contribution in [3.05, 3.63) is 12.4 Å². The Morgan fingerprint density at radius 1 is 0.933 bits per heavy atom. The zero-order valence-electron chi connectivity index (χ0n) is 10.8. The molecule has 0 aromatic heterocycles. The van der Waals surface area contributed by atoms with E-state index in [0.717, 1.165) is 11.0 Å². The predicted molar refractivity (Wildman–Crippen MR) is 67.6 cm³/mol. The summed E-state index contributed by atoms with van der Waals surface area (Å²) in [6.07, 6.45) is 9.18. The number of nitrogens with one attached hydrogen (secondary N) is 2. The van der Waals surface area contributed by atoms with E-state index in [0.29, 0.717) is 0 Å². The lowest BCUT2D eigenvalue weighted by Gasteiger charge is -2.23. The molecule has 0 aliphatic carbocycles. The molecule has 0 heterocycles. The van der Waals surface area contributed by atoms with Crippen molar-refractivity contribution in [3.8, 4) is 0 Å². The summed E-state index contributed by atoms with van der Waals surface area (Å²) in [6, 6.07) is 0. The Morgan fingerprint density at radius 2 is 1.60 bits per heavy atom. The van der Waals surface area contributed by atoms with Crippen molar-refractivity contribution in [2.45, 2.75) is 25.7 Å². The molecule has 0 aliphatic heterocycles. The first-order valence-corrected chi connectivity index (χ1v) is 5.92. The van der Waals surface area contributed by atoms with E-state index >= 15 is 0 Å². The van der Waals surface area contributed by atoms with Crippen molar-refractivity contribution in [1.82, 2.24) is 10.6 Å². The molecular weight excluding hydrogens is 186 g/mol. The molecule has 0 rings (SSSR count). The number of nitrogens with zero attached hydrogens (tertiary/aromatic N) is 1. The van der Waals surface area contributed by atoms with Crippen molar-refractivity contribution >= 4 is 0 Å². The fourth-order valence-corrected chi connectivity index (χ4v) is 1.39. The van der Waals surface area contributed by atoms with Crippen LogP contribution in [0.25, 0.3) is 0 Å². The van der Waals surface area contributed by atoms with Gasteiger partial charge in [0.25, 0.3) is 0 Å². The van der Waals surface area contributed by atoms with Gasteiger partial charge in [0.2, 0.25) is 0 Å². The molecule has 0 bridgehead atoms. The summed E-state index contributed by atoms with van der Waals surface area (Å²) < 4.78 is 1.09. The number of hydrogen-bond acceptors (Lipinski definition) is 2. The maximum absolute atomic E-state index is 3.25. The molecular formula is C12H28N3+. The molecule has 0 aromatic rings. The standard InChI is InChI=1S/C12H28N3/c1-13-10-11-14-9-7-5-6-8-12-15(2,3)4/h10-11,13-14H,5-9,12H2,1-4H3/q+1/b11-10-. The summed E-state index contributed by atoms with van der Waals surface area (Å²) in [5.41, 5.74) is 0. The average molecular weight is 214 g/mol. The van der Waals surface area contributed by atoms with Crippen LogP contribution in [0.3, 0.4) is 0 Å². The van der Waals surface area contributed by atoms with Crippen LogP contribution in [-0.2, 0) is 0 Å². The van der Waals surface area contributed by atoms with Gasteiger partial charge < -0.3 is 15.1 Å². The minimum absolute atomic E-state index is 1.09. The minimum atomic E-state index is 1.09. The molecule has 0 radical (unpaired) electrons. The van der Waals surface area contributed by atoms with E-state index in [1.807, 2.05) is 19.4 Å². The average Bonchev–Trinajstić information content (AvgIpc) is 2.14. The molecule has 0 saturated carbocycles. The Balaban J connectivity index is 3.09. The van der Waals surface area contributed by atoms with E-state index in [9.17, 15) is 0 Å². The van der Waals surface area contributed by atoms with Gasteiger partial charge in [0.1, 0.15) is 0 Å². The molecule has 0 fully saturated rings. The lowest BCUT2D eigenvalue weighted by Crippen LogP contribution is -2.35. The van der Waals surface area contributed by atoms with Crippen LogP contribution in [0.2, 0.25) is 0 Å². The summed E-state index contributed by atoms with van der Waals surface area (Å²) >= 11 is 0. The molecule has 0 amide bonds. The van der Waals surface area contributed by atoms with Crippen LogP contribution in [0.5, 0.6) is 0 Å². The van der Waals surface area contributed by atoms with Gasteiger partial charge in [-0.3, -0.25) is 0 Å². The van der Waals surface area contributed by atoms with Crippen LogP contribution in [-0.4, -0.2) is 45.8 Å². The number of quaternary nitrogens is 1. The lowest BCUT2D eigenvalue weighted by molar-refractivity contribution is -0.870. The van der Waals surface area contributed by atoms with Gasteiger partial charge in [-0.05, 0) is 19.3 Å². The molecule has 90 valence electrons. The molecule has 0 spiro atoms. The maximum Gasteiger partial charge on any atom is 0.0780 e. The highest BCUT2D eigenvalue weighted by molar-refractivity contribution is 4.74. The van der Waals surface area contributed by atoms with Gasteiger partial charge in [0.05, 0.1) is 27.7 Å². The summed E-state index contributed by atoms with van der Waals surface area (Å²) in [5, 5.41) is 6.20. The van der Waals surface area contributed by atoms with Gasteiger partial charge in [-0.2, -0.15) is 0 Å². The molecule has 0 aromatic carbocycles. The van der Waals surface area contributed by atoms with Gasteiger partial charge >= 0.3 is 0 Å². The van der Waals surface area contributed by atoms with E-state index in [2.05, 4.69) is 31.8 Å². The monoisotopic (exact) mass is 214 g/mol. The van der Waals surface area contributed by atoms with E-state index in [-0.39, 0.29) is 0 Å². The highest BCUT2D eigenvalue weighted by atomic mass is 15.3. The third-order valence-corrected chi connectivity index (χ3v) is 2.27.